The molecule has 1 N–H and O–H groups in total. The summed E-state index contributed by atoms with van der Waals surface area (Å²) in [6, 6.07) is 20.0. The molecular weight excluding hydrogens is 442 g/mol. The topological polar surface area (TPSA) is 97.3 Å². The Morgan fingerprint density at radius 1 is 0.970 bits per heavy atom. The number of para-hydroxylation sites is 1. The Labute approximate surface area is 193 Å². The van der Waals surface area contributed by atoms with Gasteiger partial charge in [0.15, 0.2) is 0 Å². The fraction of sp³-hybridized carbons (Fsp3) is 0.167. The fourth-order valence-electron chi connectivity index (χ4n) is 3.01. The number of aryl methyl sites for hydroxylation is 1. The Bertz CT molecular complexity index is 1220. The summed E-state index contributed by atoms with van der Waals surface area (Å²) >= 11 is 0. The van der Waals surface area contributed by atoms with Gasteiger partial charge in [0.25, 0.3) is 15.9 Å². The molecule has 0 saturated heterocycles. The third-order valence-corrected chi connectivity index (χ3v) is 6.58. The van der Waals surface area contributed by atoms with E-state index in [1.54, 1.807) is 48.5 Å². The van der Waals surface area contributed by atoms with Crippen molar-refractivity contribution < 1.29 is 22.7 Å². The van der Waals surface area contributed by atoms with Gasteiger partial charge in [0, 0.05) is 5.56 Å². The van der Waals surface area contributed by atoms with Crippen molar-refractivity contribution in [1.82, 2.24) is 5.43 Å². The summed E-state index contributed by atoms with van der Waals surface area (Å²) in [7, 11) is -0.995. The van der Waals surface area contributed by atoms with Crippen LogP contribution in [-0.2, 0) is 14.8 Å². The molecule has 0 fully saturated rings. The van der Waals surface area contributed by atoms with Crippen LogP contribution in [0.4, 0.5) is 5.69 Å². The highest BCUT2D eigenvalue weighted by Crippen LogP contribution is 2.25. The second kappa shape index (κ2) is 10.6. The Morgan fingerprint density at radius 2 is 1.64 bits per heavy atom. The van der Waals surface area contributed by atoms with E-state index in [0.29, 0.717) is 22.7 Å². The average molecular weight is 468 g/mol. The van der Waals surface area contributed by atoms with Crippen LogP contribution < -0.4 is 19.2 Å². The van der Waals surface area contributed by atoms with Crippen LogP contribution in [-0.4, -0.2) is 41.3 Å². The molecule has 0 aromatic heterocycles. The quantitative estimate of drug-likeness (QED) is 0.384. The molecule has 172 valence electrons. The Morgan fingerprint density at radius 3 is 2.27 bits per heavy atom. The smallest absolute Gasteiger partial charge is 0.264 e. The number of hydrogen-bond donors (Lipinski definition) is 1. The van der Waals surface area contributed by atoms with Crippen molar-refractivity contribution in [3.05, 3.63) is 83.9 Å². The van der Waals surface area contributed by atoms with Crippen molar-refractivity contribution in [2.24, 2.45) is 5.10 Å². The van der Waals surface area contributed by atoms with Crippen LogP contribution in [0, 0.1) is 6.92 Å². The Balaban J connectivity index is 1.84. The predicted octanol–water partition coefficient (Wildman–Crippen LogP) is 3.36. The van der Waals surface area contributed by atoms with Crippen LogP contribution in [0.15, 0.2) is 82.8 Å². The second-order valence-electron chi connectivity index (χ2n) is 7.06. The molecule has 33 heavy (non-hydrogen) atoms. The number of hydrazone groups is 1. The van der Waals surface area contributed by atoms with Gasteiger partial charge in [0.2, 0.25) is 0 Å². The number of rotatable bonds is 9. The largest absolute Gasteiger partial charge is 0.497 e. The number of anilines is 1. The first-order chi connectivity index (χ1) is 15.8. The lowest BCUT2D eigenvalue weighted by molar-refractivity contribution is -0.119. The van der Waals surface area contributed by atoms with Crippen molar-refractivity contribution in [3.63, 3.8) is 0 Å². The van der Waals surface area contributed by atoms with E-state index in [4.69, 9.17) is 9.47 Å². The van der Waals surface area contributed by atoms with Crippen LogP contribution in [0.5, 0.6) is 11.5 Å². The van der Waals surface area contributed by atoms with Gasteiger partial charge in [0.05, 0.1) is 31.0 Å². The predicted molar refractivity (Wildman–Crippen MR) is 127 cm³/mol. The molecule has 3 rings (SSSR count). The van der Waals surface area contributed by atoms with Crippen molar-refractivity contribution in [1.29, 1.82) is 0 Å². The van der Waals surface area contributed by atoms with E-state index >= 15 is 0 Å². The normalized spacial score (nSPS) is 11.2. The number of amides is 1. The molecule has 0 spiro atoms. The van der Waals surface area contributed by atoms with Gasteiger partial charge in [-0.25, -0.2) is 13.8 Å². The van der Waals surface area contributed by atoms with Gasteiger partial charge < -0.3 is 9.47 Å². The van der Waals surface area contributed by atoms with Crippen molar-refractivity contribution in [2.75, 3.05) is 25.1 Å². The molecule has 0 radical (unpaired) electrons. The highest BCUT2D eigenvalue weighted by molar-refractivity contribution is 7.92. The third-order valence-electron chi connectivity index (χ3n) is 4.79. The number of benzene rings is 3. The molecule has 9 heteroatoms. The van der Waals surface area contributed by atoms with E-state index in [1.165, 1.54) is 32.6 Å². The Kier molecular flexibility index (Phi) is 7.68. The lowest BCUT2D eigenvalue weighted by atomic mass is 10.2. The average Bonchev–Trinajstić information content (AvgIpc) is 2.83. The minimum Gasteiger partial charge on any atom is -0.497 e. The number of nitrogens with one attached hydrogen (secondary N) is 1. The number of sulfonamides is 1. The van der Waals surface area contributed by atoms with E-state index in [9.17, 15) is 13.2 Å². The third kappa shape index (κ3) is 5.89. The maximum atomic E-state index is 13.4. The van der Waals surface area contributed by atoms with Crippen LogP contribution in [0.3, 0.4) is 0 Å². The minimum atomic E-state index is -4.03. The van der Waals surface area contributed by atoms with Crippen LogP contribution in [0.1, 0.15) is 11.1 Å². The number of ether oxygens (including phenoxy) is 2. The summed E-state index contributed by atoms with van der Waals surface area (Å²) in [5, 5.41) is 3.95. The molecule has 0 aliphatic heterocycles. The zero-order valence-electron chi connectivity index (χ0n) is 18.6. The molecular formula is C24H25N3O5S. The number of hydrogen-bond acceptors (Lipinski definition) is 6. The molecule has 0 aliphatic carbocycles. The summed E-state index contributed by atoms with van der Waals surface area (Å²) in [4.78, 5) is 12.7. The van der Waals surface area contributed by atoms with E-state index in [2.05, 4.69) is 10.5 Å². The summed E-state index contributed by atoms with van der Waals surface area (Å²) in [5.74, 6) is 0.525. The highest BCUT2D eigenvalue weighted by atomic mass is 32.2. The molecule has 0 bridgehead atoms. The molecule has 0 unspecified atom stereocenters. The van der Waals surface area contributed by atoms with Crippen molar-refractivity contribution in [2.45, 2.75) is 11.8 Å². The minimum absolute atomic E-state index is 0.0363. The SMILES string of the molecule is COc1ccc(S(=O)(=O)N(CC(=O)N/N=C\c2ccccc2OC)c2ccc(C)cc2)cc1. The molecule has 0 aliphatic rings. The molecule has 3 aromatic carbocycles. The van der Waals surface area contributed by atoms with Gasteiger partial charge in [-0.1, -0.05) is 29.8 Å². The van der Waals surface area contributed by atoms with Gasteiger partial charge in [-0.05, 0) is 55.5 Å². The number of methoxy groups -OCH3 is 2. The summed E-state index contributed by atoms with van der Waals surface area (Å²) < 4.78 is 38.2. The number of nitrogens with zero attached hydrogens (tertiary/aromatic N) is 2. The summed E-state index contributed by atoms with van der Waals surface area (Å²) in [5.41, 5.74) is 4.38. The second-order valence-corrected chi connectivity index (χ2v) is 8.92. The van der Waals surface area contributed by atoms with Crippen molar-refractivity contribution >= 4 is 27.8 Å². The molecule has 8 nitrogen and oxygen atoms in total. The Hall–Kier alpha value is -3.85. The first-order valence-electron chi connectivity index (χ1n) is 10.0. The number of carbonyl (C=O) groups excluding carboxylic acids is 1. The van der Waals surface area contributed by atoms with Crippen LogP contribution in [0.2, 0.25) is 0 Å². The summed E-state index contributed by atoms with van der Waals surface area (Å²) in [6.07, 6.45) is 1.44. The van der Waals surface area contributed by atoms with Crippen LogP contribution in [0.25, 0.3) is 0 Å². The first-order valence-corrected chi connectivity index (χ1v) is 11.5. The fourth-order valence-corrected chi connectivity index (χ4v) is 4.43. The van der Waals surface area contributed by atoms with Crippen molar-refractivity contribution in [3.8, 4) is 11.5 Å². The lowest BCUT2D eigenvalue weighted by Crippen LogP contribution is -2.39. The number of carbonyl (C=O) groups is 1. The monoisotopic (exact) mass is 467 g/mol. The van der Waals surface area contributed by atoms with Crippen LogP contribution >= 0.6 is 0 Å². The zero-order chi connectivity index (χ0) is 23.8. The van der Waals surface area contributed by atoms with E-state index in [1.807, 2.05) is 19.1 Å². The van der Waals surface area contributed by atoms with Gasteiger partial charge in [-0.2, -0.15) is 5.10 Å². The molecule has 1 amide bonds. The molecule has 3 aromatic rings. The highest BCUT2D eigenvalue weighted by Gasteiger charge is 2.27. The van der Waals surface area contributed by atoms with E-state index < -0.39 is 22.5 Å². The van der Waals surface area contributed by atoms with Gasteiger partial charge in [-0.15, -0.1) is 0 Å². The van der Waals surface area contributed by atoms with Gasteiger partial charge in [-0.3, -0.25) is 9.10 Å². The zero-order valence-corrected chi connectivity index (χ0v) is 19.4. The van der Waals surface area contributed by atoms with E-state index in [0.717, 1.165) is 9.87 Å². The molecule has 0 saturated carbocycles. The van der Waals surface area contributed by atoms with Gasteiger partial charge >= 0.3 is 0 Å². The lowest BCUT2D eigenvalue weighted by Gasteiger charge is -2.24. The molecule has 0 atom stereocenters. The van der Waals surface area contributed by atoms with E-state index in [-0.39, 0.29) is 4.90 Å². The molecule has 0 heterocycles. The maximum absolute atomic E-state index is 13.4. The first kappa shape index (κ1) is 23.8. The summed E-state index contributed by atoms with van der Waals surface area (Å²) in [6.45, 7) is 1.44. The maximum Gasteiger partial charge on any atom is 0.264 e. The standard InChI is InChI=1S/C24H25N3O5S/c1-18-8-10-20(11-9-18)27(33(29,30)22-14-12-21(31-2)13-15-22)17-24(28)26-25-16-19-6-4-5-7-23(19)32-3/h4-16H,17H2,1-3H3,(H,26,28)/b25-16-. The van der Waals surface area contributed by atoms with Gasteiger partial charge in [0.1, 0.15) is 18.0 Å².